The molecule has 3 aromatic rings. The predicted octanol–water partition coefficient (Wildman–Crippen LogP) is 4.72. The van der Waals surface area contributed by atoms with Crippen LogP contribution in [0.4, 0.5) is 0 Å². The first-order chi connectivity index (χ1) is 19.5. The summed E-state index contributed by atoms with van der Waals surface area (Å²) in [5.41, 5.74) is 1.25. The minimum atomic E-state index is -0.949. The molecule has 5 atom stereocenters. The minimum Gasteiger partial charge on any atom is -0.508 e. The molecular formula is C31H34O10. The maximum atomic E-state index is 13.1. The second kappa shape index (κ2) is 12.5. The molecule has 41 heavy (non-hydrogen) atoms. The molecular weight excluding hydrogens is 532 g/mol. The van der Waals surface area contributed by atoms with Crippen LogP contribution in [-0.2, 0) is 25.6 Å². The predicted molar refractivity (Wildman–Crippen MR) is 147 cm³/mol. The van der Waals surface area contributed by atoms with E-state index in [1.807, 2.05) is 44.2 Å². The topological polar surface area (TPSA) is 152 Å². The summed E-state index contributed by atoms with van der Waals surface area (Å²) >= 11 is 0. The first-order valence-electron chi connectivity index (χ1n) is 13.2. The zero-order valence-electron chi connectivity index (χ0n) is 23.2. The summed E-state index contributed by atoms with van der Waals surface area (Å²) in [5.74, 6) is -3.25. The number of phenolic OH excluding ortho intramolecular Hbond substituents is 4. The van der Waals surface area contributed by atoms with E-state index in [2.05, 4.69) is 0 Å². The van der Waals surface area contributed by atoms with Crippen molar-refractivity contribution < 1.29 is 49.0 Å². The largest absolute Gasteiger partial charge is 0.508 e. The van der Waals surface area contributed by atoms with Gasteiger partial charge in [-0.1, -0.05) is 44.2 Å². The standard InChI is InChI=1S/C31H34O10/c1-16-17(2)31(39-14-20-8-6-5-7-9-20)40-27(15-38-29(36)21-10-23(32)18(3)24(33)11-21)28(16)41-30(37)22-12-25(34)19(4)26(35)13-22/h5-13,16-17,27-28,31-35H,14-15H2,1-4H3/t16-,17?,27?,28+,31-/m1/s1. The van der Waals surface area contributed by atoms with E-state index in [-0.39, 0.29) is 70.3 Å². The SMILES string of the molecule is Cc1c(O)cc(C(=O)OCC2O[C@@H](OCc3ccccc3)C(C)[C@@H](C)[C@@H]2OC(=O)c2cc(O)c(C)c(O)c2)cc1O. The molecule has 1 fully saturated rings. The summed E-state index contributed by atoms with van der Waals surface area (Å²) in [6.07, 6.45) is -2.56. The summed E-state index contributed by atoms with van der Waals surface area (Å²) < 4.78 is 23.5. The van der Waals surface area contributed by atoms with Crippen LogP contribution in [0.15, 0.2) is 54.6 Å². The van der Waals surface area contributed by atoms with Gasteiger partial charge in [-0.25, -0.2) is 9.59 Å². The lowest BCUT2D eigenvalue weighted by molar-refractivity contribution is -0.271. The fraction of sp³-hybridized carbons (Fsp3) is 0.355. The molecule has 1 saturated heterocycles. The van der Waals surface area contributed by atoms with Gasteiger partial charge in [0, 0.05) is 23.0 Å². The molecule has 1 aliphatic rings. The molecule has 0 radical (unpaired) electrons. The fourth-order valence-corrected chi connectivity index (χ4v) is 4.56. The summed E-state index contributed by atoms with van der Waals surface area (Å²) in [6.45, 7) is 6.69. The first kappa shape index (κ1) is 29.7. The Morgan fingerprint density at radius 3 is 1.83 bits per heavy atom. The summed E-state index contributed by atoms with van der Waals surface area (Å²) in [4.78, 5) is 25.9. The Labute approximate surface area is 237 Å². The zero-order valence-corrected chi connectivity index (χ0v) is 23.2. The van der Waals surface area contributed by atoms with Gasteiger partial charge < -0.3 is 39.4 Å². The van der Waals surface area contributed by atoms with Crippen LogP contribution in [0, 0.1) is 25.7 Å². The molecule has 2 unspecified atom stereocenters. The highest BCUT2D eigenvalue weighted by atomic mass is 16.7. The van der Waals surface area contributed by atoms with Gasteiger partial charge in [0.2, 0.25) is 0 Å². The van der Waals surface area contributed by atoms with E-state index < -0.39 is 30.4 Å². The molecule has 0 saturated carbocycles. The zero-order chi connectivity index (χ0) is 29.8. The Hall–Kier alpha value is -4.28. The number of carbonyl (C=O) groups is 2. The first-order valence-corrected chi connectivity index (χ1v) is 13.2. The molecule has 0 amide bonds. The Balaban J connectivity index is 1.54. The smallest absolute Gasteiger partial charge is 0.338 e. The Bertz CT molecular complexity index is 1360. The Kier molecular flexibility index (Phi) is 9.05. The number of carbonyl (C=O) groups excluding carboxylic acids is 2. The molecule has 0 spiro atoms. The number of ether oxygens (including phenoxy) is 4. The van der Waals surface area contributed by atoms with E-state index in [9.17, 15) is 30.0 Å². The van der Waals surface area contributed by atoms with E-state index in [1.165, 1.54) is 38.1 Å². The third-order valence-electron chi connectivity index (χ3n) is 7.51. The van der Waals surface area contributed by atoms with E-state index in [4.69, 9.17) is 18.9 Å². The quantitative estimate of drug-likeness (QED) is 0.282. The van der Waals surface area contributed by atoms with Crippen molar-refractivity contribution >= 4 is 11.9 Å². The Morgan fingerprint density at radius 1 is 0.780 bits per heavy atom. The molecule has 0 aliphatic carbocycles. The maximum Gasteiger partial charge on any atom is 0.338 e. The van der Waals surface area contributed by atoms with Crippen molar-refractivity contribution in [3.8, 4) is 23.0 Å². The van der Waals surface area contributed by atoms with E-state index in [0.29, 0.717) is 0 Å². The van der Waals surface area contributed by atoms with Crippen molar-refractivity contribution in [1.29, 1.82) is 0 Å². The van der Waals surface area contributed by atoms with Gasteiger partial charge in [-0.2, -0.15) is 0 Å². The third-order valence-corrected chi connectivity index (χ3v) is 7.51. The molecule has 3 aromatic carbocycles. The normalized spacial score (nSPS) is 22.2. The molecule has 10 heteroatoms. The Morgan fingerprint density at radius 2 is 1.29 bits per heavy atom. The summed E-state index contributed by atoms with van der Waals surface area (Å²) in [7, 11) is 0. The molecule has 4 N–H and O–H groups in total. The van der Waals surface area contributed by atoms with Crippen molar-refractivity contribution in [3.63, 3.8) is 0 Å². The third kappa shape index (κ3) is 6.72. The highest BCUT2D eigenvalue weighted by molar-refractivity contribution is 5.91. The molecule has 0 aromatic heterocycles. The van der Waals surface area contributed by atoms with Crippen molar-refractivity contribution in [1.82, 2.24) is 0 Å². The molecule has 4 rings (SSSR count). The van der Waals surface area contributed by atoms with Crippen molar-refractivity contribution in [2.24, 2.45) is 11.8 Å². The van der Waals surface area contributed by atoms with Crippen LogP contribution >= 0.6 is 0 Å². The highest BCUT2D eigenvalue weighted by Gasteiger charge is 2.45. The van der Waals surface area contributed by atoms with Crippen LogP contribution < -0.4 is 0 Å². The van der Waals surface area contributed by atoms with E-state index >= 15 is 0 Å². The molecule has 218 valence electrons. The number of rotatable bonds is 8. The van der Waals surface area contributed by atoms with Gasteiger partial charge in [-0.05, 0) is 43.7 Å². The highest BCUT2D eigenvalue weighted by Crippen LogP contribution is 2.36. The van der Waals surface area contributed by atoms with Gasteiger partial charge in [0.15, 0.2) is 6.29 Å². The van der Waals surface area contributed by atoms with E-state index in [0.717, 1.165) is 5.56 Å². The van der Waals surface area contributed by atoms with Gasteiger partial charge in [0.05, 0.1) is 17.7 Å². The molecule has 0 bridgehead atoms. The number of benzene rings is 3. The maximum absolute atomic E-state index is 13.1. The lowest BCUT2D eigenvalue weighted by Gasteiger charge is -2.43. The second-order valence-corrected chi connectivity index (χ2v) is 10.3. The second-order valence-electron chi connectivity index (χ2n) is 10.3. The number of hydrogen-bond donors (Lipinski definition) is 4. The molecule has 10 nitrogen and oxygen atoms in total. The van der Waals surface area contributed by atoms with Crippen molar-refractivity contribution in [2.45, 2.75) is 52.8 Å². The van der Waals surface area contributed by atoms with Crippen LogP contribution in [0.2, 0.25) is 0 Å². The van der Waals surface area contributed by atoms with Crippen LogP contribution in [0.1, 0.15) is 51.3 Å². The number of phenols is 4. The monoisotopic (exact) mass is 566 g/mol. The van der Waals surface area contributed by atoms with Crippen LogP contribution in [0.5, 0.6) is 23.0 Å². The van der Waals surface area contributed by atoms with Crippen molar-refractivity contribution in [2.75, 3.05) is 6.61 Å². The fourth-order valence-electron chi connectivity index (χ4n) is 4.56. The van der Waals surface area contributed by atoms with Gasteiger partial charge >= 0.3 is 11.9 Å². The van der Waals surface area contributed by atoms with E-state index in [1.54, 1.807) is 0 Å². The number of hydrogen-bond acceptors (Lipinski definition) is 10. The summed E-state index contributed by atoms with van der Waals surface area (Å²) in [5, 5.41) is 40.2. The number of aromatic hydroxyl groups is 4. The molecule has 1 heterocycles. The van der Waals surface area contributed by atoms with Crippen LogP contribution in [0.3, 0.4) is 0 Å². The lowest BCUT2D eigenvalue weighted by atomic mass is 9.84. The van der Waals surface area contributed by atoms with Crippen molar-refractivity contribution in [3.05, 3.63) is 82.4 Å². The average Bonchev–Trinajstić information content (AvgIpc) is 2.95. The van der Waals surface area contributed by atoms with Crippen LogP contribution in [-0.4, -0.2) is 57.5 Å². The number of esters is 2. The average molecular weight is 567 g/mol. The van der Waals surface area contributed by atoms with Gasteiger partial charge in [0.1, 0.15) is 41.8 Å². The summed E-state index contributed by atoms with van der Waals surface area (Å²) in [6, 6.07) is 14.3. The van der Waals surface area contributed by atoms with Gasteiger partial charge in [-0.15, -0.1) is 0 Å². The van der Waals surface area contributed by atoms with Gasteiger partial charge in [0.25, 0.3) is 0 Å². The van der Waals surface area contributed by atoms with Crippen LogP contribution in [0.25, 0.3) is 0 Å². The van der Waals surface area contributed by atoms with Gasteiger partial charge in [-0.3, -0.25) is 0 Å². The minimum absolute atomic E-state index is 0.0609. The molecule has 1 aliphatic heterocycles. The lowest BCUT2D eigenvalue weighted by Crippen LogP contribution is -2.53.